The SMILES string of the molecule is C[C@@H](Sc1nc2cc(Cl)ccc2c(=O)n1Cc1ccco1)C(=O)N(C)C. The van der Waals surface area contributed by atoms with Crippen molar-refractivity contribution in [3.05, 3.63) is 57.7 Å². The van der Waals surface area contributed by atoms with Gasteiger partial charge in [-0.25, -0.2) is 4.98 Å². The first-order valence-corrected chi connectivity index (χ1v) is 9.23. The topological polar surface area (TPSA) is 68.3 Å². The standard InChI is InChI=1S/C18H18ClN3O3S/c1-11(16(23)21(2)3)26-18-20-15-9-12(19)6-7-14(15)17(24)22(18)10-13-5-4-8-25-13/h4-9,11H,10H2,1-3H3/t11-/m1/s1. The maximum absolute atomic E-state index is 13.0. The van der Waals surface area contributed by atoms with Crippen molar-refractivity contribution in [2.24, 2.45) is 0 Å². The van der Waals surface area contributed by atoms with E-state index in [4.69, 9.17) is 16.0 Å². The average molecular weight is 392 g/mol. The van der Waals surface area contributed by atoms with Crippen molar-refractivity contribution in [3.8, 4) is 0 Å². The quantitative estimate of drug-likeness (QED) is 0.493. The van der Waals surface area contributed by atoms with Crippen LogP contribution in [0.3, 0.4) is 0 Å². The van der Waals surface area contributed by atoms with Gasteiger partial charge in [0.15, 0.2) is 5.16 Å². The van der Waals surface area contributed by atoms with Gasteiger partial charge in [-0.2, -0.15) is 0 Å². The van der Waals surface area contributed by atoms with Gasteiger partial charge in [0, 0.05) is 19.1 Å². The van der Waals surface area contributed by atoms with Gasteiger partial charge in [0.25, 0.3) is 5.56 Å². The highest BCUT2D eigenvalue weighted by atomic mass is 35.5. The number of thioether (sulfide) groups is 1. The zero-order valence-electron chi connectivity index (χ0n) is 14.6. The fourth-order valence-electron chi connectivity index (χ4n) is 2.53. The van der Waals surface area contributed by atoms with Crippen LogP contribution in [-0.4, -0.2) is 39.7 Å². The van der Waals surface area contributed by atoms with E-state index in [0.717, 1.165) is 0 Å². The molecule has 0 saturated heterocycles. The summed E-state index contributed by atoms with van der Waals surface area (Å²) in [7, 11) is 3.39. The molecule has 8 heteroatoms. The summed E-state index contributed by atoms with van der Waals surface area (Å²) in [5.41, 5.74) is 0.306. The van der Waals surface area contributed by atoms with Crippen LogP contribution in [0.5, 0.6) is 0 Å². The van der Waals surface area contributed by atoms with Crippen LogP contribution in [0, 0.1) is 0 Å². The highest BCUT2D eigenvalue weighted by Gasteiger charge is 2.21. The molecule has 0 aliphatic rings. The third-order valence-electron chi connectivity index (χ3n) is 3.85. The summed E-state index contributed by atoms with van der Waals surface area (Å²) < 4.78 is 6.90. The largest absolute Gasteiger partial charge is 0.467 e. The molecule has 0 saturated carbocycles. The molecule has 0 fully saturated rings. The van der Waals surface area contributed by atoms with E-state index in [1.165, 1.54) is 21.2 Å². The molecule has 136 valence electrons. The van der Waals surface area contributed by atoms with Crippen LogP contribution in [0.4, 0.5) is 0 Å². The number of benzene rings is 1. The molecule has 1 amide bonds. The van der Waals surface area contributed by atoms with E-state index in [2.05, 4.69) is 4.98 Å². The number of hydrogen-bond acceptors (Lipinski definition) is 5. The highest BCUT2D eigenvalue weighted by molar-refractivity contribution is 8.00. The fraction of sp³-hybridized carbons (Fsp3) is 0.278. The van der Waals surface area contributed by atoms with Gasteiger partial charge in [0.2, 0.25) is 5.91 Å². The molecule has 0 bridgehead atoms. The van der Waals surface area contributed by atoms with Crippen molar-refractivity contribution in [1.82, 2.24) is 14.5 Å². The lowest BCUT2D eigenvalue weighted by atomic mass is 10.2. The van der Waals surface area contributed by atoms with E-state index >= 15 is 0 Å². The van der Waals surface area contributed by atoms with Crippen LogP contribution in [0.25, 0.3) is 10.9 Å². The second kappa shape index (κ2) is 7.55. The molecular formula is C18H18ClN3O3S. The van der Waals surface area contributed by atoms with E-state index in [1.807, 2.05) is 0 Å². The minimum atomic E-state index is -0.392. The number of fused-ring (bicyclic) bond motifs is 1. The van der Waals surface area contributed by atoms with Crippen LogP contribution in [-0.2, 0) is 11.3 Å². The fourth-order valence-corrected chi connectivity index (χ4v) is 3.75. The predicted octanol–water partition coefficient (Wildman–Crippen LogP) is 3.26. The zero-order valence-corrected chi connectivity index (χ0v) is 16.2. The van der Waals surface area contributed by atoms with Gasteiger partial charge in [0.05, 0.1) is 29.0 Å². The van der Waals surface area contributed by atoms with Crippen molar-refractivity contribution >= 4 is 40.2 Å². The van der Waals surface area contributed by atoms with Crippen molar-refractivity contribution in [3.63, 3.8) is 0 Å². The summed E-state index contributed by atoms with van der Waals surface area (Å²) in [6, 6.07) is 8.53. The normalized spacial score (nSPS) is 12.3. The van der Waals surface area contributed by atoms with Crippen LogP contribution in [0.2, 0.25) is 5.02 Å². The van der Waals surface area contributed by atoms with E-state index in [0.29, 0.717) is 26.8 Å². The minimum absolute atomic E-state index is 0.0556. The van der Waals surface area contributed by atoms with Gasteiger partial charge in [-0.3, -0.25) is 14.2 Å². The Labute approximate surface area is 159 Å². The Hall–Kier alpha value is -2.25. The number of hydrogen-bond donors (Lipinski definition) is 0. The monoisotopic (exact) mass is 391 g/mol. The Balaban J connectivity index is 2.11. The van der Waals surface area contributed by atoms with Gasteiger partial charge in [-0.1, -0.05) is 23.4 Å². The van der Waals surface area contributed by atoms with Crippen LogP contribution in [0.15, 0.2) is 51.0 Å². The first-order valence-electron chi connectivity index (χ1n) is 7.97. The predicted molar refractivity (Wildman–Crippen MR) is 103 cm³/mol. The Morgan fingerprint density at radius 3 is 2.81 bits per heavy atom. The van der Waals surface area contributed by atoms with Gasteiger partial charge < -0.3 is 9.32 Å². The van der Waals surface area contributed by atoms with E-state index < -0.39 is 5.25 Å². The lowest BCUT2D eigenvalue weighted by Crippen LogP contribution is -2.31. The zero-order chi connectivity index (χ0) is 18.8. The third-order valence-corrected chi connectivity index (χ3v) is 5.16. The molecular weight excluding hydrogens is 374 g/mol. The number of halogens is 1. The molecule has 2 heterocycles. The number of nitrogens with zero attached hydrogens (tertiary/aromatic N) is 3. The summed E-state index contributed by atoms with van der Waals surface area (Å²) in [6.45, 7) is 2.03. The molecule has 0 aliphatic heterocycles. The van der Waals surface area contributed by atoms with Crippen LogP contribution < -0.4 is 5.56 Å². The first kappa shape index (κ1) is 18.5. The molecule has 2 aromatic heterocycles. The molecule has 1 atom stereocenters. The lowest BCUT2D eigenvalue weighted by molar-refractivity contribution is -0.127. The molecule has 26 heavy (non-hydrogen) atoms. The maximum Gasteiger partial charge on any atom is 0.262 e. The van der Waals surface area contributed by atoms with Gasteiger partial charge >= 0.3 is 0 Å². The Kier molecular flexibility index (Phi) is 5.38. The van der Waals surface area contributed by atoms with Crippen molar-refractivity contribution in [2.45, 2.75) is 23.9 Å². The molecule has 1 aromatic carbocycles. The molecule has 0 spiro atoms. The number of amides is 1. The Bertz CT molecular complexity index is 999. The van der Waals surface area contributed by atoms with Gasteiger partial charge in [-0.05, 0) is 37.3 Å². The second-order valence-electron chi connectivity index (χ2n) is 6.02. The second-order valence-corrected chi connectivity index (χ2v) is 7.76. The number of furan rings is 1. The third kappa shape index (κ3) is 3.78. The first-order chi connectivity index (χ1) is 12.4. The van der Waals surface area contributed by atoms with Crippen molar-refractivity contribution in [1.29, 1.82) is 0 Å². The molecule has 0 aliphatic carbocycles. The number of carbonyl (C=O) groups excluding carboxylic acids is 1. The Morgan fingerprint density at radius 2 is 2.15 bits per heavy atom. The number of rotatable bonds is 5. The van der Waals surface area contributed by atoms with Gasteiger partial charge in [0.1, 0.15) is 5.76 Å². The van der Waals surface area contributed by atoms with E-state index in [1.54, 1.807) is 57.6 Å². The van der Waals surface area contributed by atoms with E-state index in [9.17, 15) is 9.59 Å². The lowest BCUT2D eigenvalue weighted by Gasteiger charge is -2.18. The average Bonchev–Trinajstić information content (AvgIpc) is 3.10. The van der Waals surface area contributed by atoms with Crippen LogP contribution >= 0.6 is 23.4 Å². The summed E-state index contributed by atoms with van der Waals surface area (Å²) in [4.78, 5) is 31.3. The summed E-state index contributed by atoms with van der Waals surface area (Å²) in [6.07, 6.45) is 1.56. The minimum Gasteiger partial charge on any atom is -0.467 e. The van der Waals surface area contributed by atoms with Gasteiger partial charge in [-0.15, -0.1) is 0 Å². The molecule has 0 unspecified atom stereocenters. The highest BCUT2D eigenvalue weighted by Crippen LogP contribution is 2.25. The molecule has 0 radical (unpaired) electrons. The molecule has 3 aromatic rings. The summed E-state index contributed by atoms with van der Waals surface area (Å²) in [5, 5.41) is 1.03. The molecule has 0 N–H and O–H groups in total. The molecule has 6 nitrogen and oxygen atoms in total. The van der Waals surface area contributed by atoms with E-state index in [-0.39, 0.29) is 18.0 Å². The van der Waals surface area contributed by atoms with Crippen LogP contribution in [0.1, 0.15) is 12.7 Å². The number of carbonyl (C=O) groups is 1. The smallest absolute Gasteiger partial charge is 0.262 e. The maximum atomic E-state index is 13.0. The molecule has 3 rings (SSSR count). The van der Waals surface area contributed by atoms with Crippen molar-refractivity contribution in [2.75, 3.05) is 14.1 Å². The number of aromatic nitrogens is 2. The van der Waals surface area contributed by atoms with Crippen molar-refractivity contribution < 1.29 is 9.21 Å². The summed E-state index contributed by atoms with van der Waals surface area (Å²) >= 11 is 7.28. The Morgan fingerprint density at radius 1 is 1.38 bits per heavy atom. The summed E-state index contributed by atoms with van der Waals surface area (Å²) in [5.74, 6) is 0.579.